The second-order valence-electron chi connectivity index (χ2n) is 6.13. The lowest BCUT2D eigenvalue weighted by atomic mass is 9.92. The maximum Gasteiger partial charge on any atom is 0.0638 e. The van der Waals surface area contributed by atoms with Crippen LogP contribution in [0.15, 0.2) is 0 Å². The molecule has 92 valence electrons. The number of nitrogens with one attached hydrogen (secondary N) is 1. The topological polar surface area (TPSA) is 39.1 Å². The molecule has 0 radical (unpaired) electrons. The molecule has 0 amide bonds. The van der Waals surface area contributed by atoms with Crippen molar-refractivity contribution in [2.24, 2.45) is 11.3 Å². The SMILES string of the molecule is CC(C)CN1CC(C)(C)CNCC1CC#N. The Bertz CT molecular complexity index is 252. The van der Waals surface area contributed by atoms with E-state index in [0.29, 0.717) is 23.8 Å². The van der Waals surface area contributed by atoms with Crippen LogP contribution < -0.4 is 5.32 Å². The number of nitriles is 1. The molecule has 1 saturated heterocycles. The van der Waals surface area contributed by atoms with E-state index < -0.39 is 0 Å². The third-order valence-corrected chi connectivity index (χ3v) is 3.06. The first-order valence-electron chi connectivity index (χ1n) is 6.26. The van der Waals surface area contributed by atoms with Crippen LogP contribution in [0.25, 0.3) is 0 Å². The number of hydrogen-bond acceptors (Lipinski definition) is 3. The molecular weight excluding hydrogens is 198 g/mol. The van der Waals surface area contributed by atoms with Gasteiger partial charge in [-0.05, 0) is 11.3 Å². The summed E-state index contributed by atoms with van der Waals surface area (Å²) in [4.78, 5) is 2.49. The quantitative estimate of drug-likeness (QED) is 0.793. The lowest BCUT2D eigenvalue weighted by molar-refractivity contribution is 0.142. The van der Waals surface area contributed by atoms with Gasteiger partial charge in [-0.25, -0.2) is 0 Å². The van der Waals surface area contributed by atoms with Crippen molar-refractivity contribution in [3.05, 3.63) is 0 Å². The highest BCUT2D eigenvalue weighted by atomic mass is 15.2. The summed E-state index contributed by atoms with van der Waals surface area (Å²) in [6.07, 6.45) is 0.635. The molecule has 0 saturated carbocycles. The van der Waals surface area contributed by atoms with Gasteiger partial charge in [-0.3, -0.25) is 4.90 Å². The maximum atomic E-state index is 8.89. The van der Waals surface area contributed by atoms with Gasteiger partial charge in [-0.15, -0.1) is 0 Å². The highest BCUT2D eigenvalue weighted by molar-refractivity contribution is 4.91. The molecular formula is C13H25N3. The molecule has 1 unspecified atom stereocenters. The first kappa shape index (κ1) is 13.5. The van der Waals surface area contributed by atoms with E-state index in [4.69, 9.17) is 5.26 Å². The van der Waals surface area contributed by atoms with Gasteiger partial charge in [0.25, 0.3) is 0 Å². The average molecular weight is 223 g/mol. The van der Waals surface area contributed by atoms with Gasteiger partial charge in [-0.1, -0.05) is 27.7 Å². The van der Waals surface area contributed by atoms with Crippen molar-refractivity contribution < 1.29 is 0 Å². The van der Waals surface area contributed by atoms with Crippen LogP contribution in [-0.4, -0.2) is 37.1 Å². The zero-order valence-electron chi connectivity index (χ0n) is 11.1. The summed E-state index contributed by atoms with van der Waals surface area (Å²) in [5, 5.41) is 12.4. The second kappa shape index (κ2) is 5.65. The summed E-state index contributed by atoms with van der Waals surface area (Å²) in [7, 11) is 0. The summed E-state index contributed by atoms with van der Waals surface area (Å²) < 4.78 is 0. The van der Waals surface area contributed by atoms with Crippen molar-refractivity contribution in [2.75, 3.05) is 26.2 Å². The molecule has 0 aliphatic carbocycles. The molecule has 1 heterocycles. The minimum absolute atomic E-state index is 0.305. The fourth-order valence-electron chi connectivity index (χ4n) is 2.43. The Morgan fingerprint density at radius 3 is 2.75 bits per heavy atom. The Kier molecular flexibility index (Phi) is 4.76. The maximum absolute atomic E-state index is 8.89. The Balaban J connectivity index is 2.71. The molecule has 16 heavy (non-hydrogen) atoms. The van der Waals surface area contributed by atoms with E-state index in [1.54, 1.807) is 0 Å². The van der Waals surface area contributed by atoms with Crippen LogP contribution in [0.4, 0.5) is 0 Å². The number of nitrogens with zero attached hydrogens (tertiary/aromatic N) is 2. The highest BCUT2D eigenvalue weighted by Gasteiger charge is 2.30. The van der Waals surface area contributed by atoms with E-state index in [1.807, 2.05) is 0 Å². The van der Waals surface area contributed by atoms with Gasteiger partial charge in [0, 0.05) is 32.2 Å². The predicted octanol–water partition coefficient (Wildman–Crippen LogP) is 1.86. The summed E-state index contributed by atoms with van der Waals surface area (Å²) in [5.74, 6) is 0.662. The van der Waals surface area contributed by atoms with Crippen LogP contribution in [0.3, 0.4) is 0 Å². The molecule has 0 aromatic rings. The molecule has 0 aromatic heterocycles. The molecule has 0 aromatic carbocycles. The lowest BCUT2D eigenvalue weighted by Gasteiger charge is -2.34. The van der Waals surface area contributed by atoms with Crippen LogP contribution in [0.5, 0.6) is 0 Å². The zero-order valence-corrected chi connectivity index (χ0v) is 11.1. The molecule has 1 fully saturated rings. The molecule has 1 rings (SSSR count). The van der Waals surface area contributed by atoms with Crippen molar-refractivity contribution in [1.82, 2.24) is 10.2 Å². The van der Waals surface area contributed by atoms with Gasteiger partial charge in [0.1, 0.15) is 0 Å². The standard InChI is InChI=1S/C13H25N3/c1-11(2)8-16-10-13(3,4)9-15-7-12(16)5-6-14/h11-12,15H,5,7-10H2,1-4H3. The van der Waals surface area contributed by atoms with Crippen molar-refractivity contribution in [3.63, 3.8) is 0 Å². The van der Waals surface area contributed by atoms with E-state index in [-0.39, 0.29) is 0 Å². The van der Waals surface area contributed by atoms with Gasteiger partial charge < -0.3 is 5.32 Å². The van der Waals surface area contributed by atoms with E-state index in [1.165, 1.54) is 0 Å². The van der Waals surface area contributed by atoms with Gasteiger partial charge in [-0.2, -0.15) is 5.26 Å². The fraction of sp³-hybridized carbons (Fsp3) is 0.923. The number of hydrogen-bond donors (Lipinski definition) is 1. The van der Waals surface area contributed by atoms with Crippen LogP contribution >= 0.6 is 0 Å². The lowest BCUT2D eigenvalue weighted by Crippen LogP contribution is -2.43. The van der Waals surface area contributed by atoms with Gasteiger partial charge in [0.15, 0.2) is 0 Å². The molecule has 1 atom stereocenters. The van der Waals surface area contributed by atoms with E-state index in [2.05, 4.69) is 44.0 Å². The summed E-state index contributed by atoms with van der Waals surface area (Å²) >= 11 is 0. The largest absolute Gasteiger partial charge is 0.315 e. The predicted molar refractivity (Wildman–Crippen MR) is 67.1 cm³/mol. The molecule has 1 N–H and O–H groups in total. The monoisotopic (exact) mass is 223 g/mol. The minimum Gasteiger partial charge on any atom is -0.315 e. The molecule has 3 nitrogen and oxygen atoms in total. The first-order valence-corrected chi connectivity index (χ1v) is 6.26. The Morgan fingerprint density at radius 1 is 1.50 bits per heavy atom. The van der Waals surface area contributed by atoms with Crippen molar-refractivity contribution in [2.45, 2.75) is 40.2 Å². The average Bonchev–Trinajstić information content (AvgIpc) is 2.25. The van der Waals surface area contributed by atoms with Gasteiger partial charge in [0.2, 0.25) is 0 Å². The molecule has 0 spiro atoms. The normalized spacial score (nSPS) is 26.4. The van der Waals surface area contributed by atoms with Crippen LogP contribution in [-0.2, 0) is 0 Å². The number of rotatable bonds is 3. The molecule has 3 heteroatoms. The molecule has 1 aliphatic rings. The van der Waals surface area contributed by atoms with Crippen molar-refractivity contribution in [3.8, 4) is 6.07 Å². The third-order valence-electron chi connectivity index (χ3n) is 3.06. The van der Waals surface area contributed by atoms with Gasteiger partial charge >= 0.3 is 0 Å². The Morgan fingerprint density at radius 2 is 2.19 bits per heavy atom. The van der Waals surface area contributed by atoms with Crippen molar-refractivity contribution in [1.29, 1.82) is 5.26 Å². The van der Waals surface area contributed by atoms with E-state index in [0.717, 1.165) is 26.2 Å². The second-order valence-corrected chi connectivity index (χ2v) is 6.13. The van der Waals surface area contributed by atoms with Crippen LogP contribution in [0, 0.1) is 22.7 Å². The Labute approximate surface area is 99.8 Å². The summed E-state index contributed by atoms with van der Waals surface area (Å²) in [6.45, 7) is 13.3. The molecule has 0 bridgehead atoms. The van der Waals surface area contributed by atoms with E-state index >= 15 is 0 Å². The van der Waals surface area contributed by atoms with Crippen molar-refractivity contribution >= 4 is 0 Å². The van der Waals surface area contributed by atoms with Crippen LogP contribution in [0.1, 0.15) is 34.1 Å². The zero-order chi connectivity index (χ0) is 12.2. The first-order chi connectivity index (χ1) is 7.44. The summed E-state index contributed by atoms with van der Waals surface area (Å²) in [6, 6.07) is 2.70. The third kappa shape index (κ3) is 4.11. The Hall–Kier alpha value is -0.590. The molecule has 1 aliphatic heterocycles. The summed E-state index contributed by atoms with van der Waals surface area (Å²) in [5.41, 5.74) is 0.305. The van der Waals surface area contributed by atoms with Crippen LogP contribution in [0.2, 0.25) is 0 Å². The highest BCUT2D eigenvalue weighted by Crippen LogP contribution is 2.22. The minimum atomic E-state index is 0.305. The fourth-order valence-corrected chi connectivity index (χ4v) is 2.43. The van der Waals surface area contributed by atoms with Gasteiger partial charge in [0.05, 0.1) is 12.5 Å². The smallest absolute Gasteiger partial charge is 0.0638 e. The van der Waals surface area contributed by atoms with E-state index in [9.17, 15) is 0 Å².